The molecule has 1 aliphatic heterocycles. The molecule has 0 bridgehead atoms. The molecule has 1 fully saturated rings. The molecule has 1 aliphatic rings. The van der Waals surface area contributed by atoms with Crippen LogP contribution in [0.15, 0.2) is 44.8 Å². The number of rotatable bonds is 3. The Kier molecular flexibility index (Phi) is 4.75. The molecule has 31 heavy (non-hydrogen) atoms. The Balaban J connectivity index is 1.69. The first-order valence-corrected chi connectivity index (χ1v) is 9.03. The molecule has 3 aromatic rings. The zero-order chi connectivity index (χ0) is 22.4. The van der Waals surface area contributed by atoms with Crippen LogP contribution in [0, 0.1) is 0 Å². The van der Waals surface area contributed by atoms with E-state index in [4.69, 9.17) is 4.52 Å². The monoisotopic (exact) mass is 436 g/mol. The molecular weight excluding hydrogens is 421 g/mol. The molecule has 0 saturated carbocycles. The summed E-state index contributed by atoms with van der Waals surface area (Å²) in [6, 6.07) is 3.14. The van der Waals surface area contributed by atoms with E-state index in [-0.39, 0.29) is 12.4 Å². The van der Waals surface area contributed by atoms with Crippen molar-refractivity contribution >= 4 is 5.91 Å². The van der Waals surface area contributed by atoms with Gasteiger partial charge in [-0.3, -0.25) is 19.1 Å². The Labute approximate surface area is 171 Å². The highest BCUT2D eigenvalue weighted by molar-refractivity contribution is 5.93. The van der Waals surface area contributed by atoms with Crippen LogP contribution in [0.1, 0.15) is 22.7 Å². The number of pyridine rings is 1. The van der Waals surface area contributed by atoms with Crippen LogP contribution in [-0.2, 0) is 12.5 Å². The van der Waals surface area contributed by atoms with Gasteiger partial charge in [-0.25, -0.2) is 4.79 Å². The topological polar surface area (TPSA) is 127 Å². The van der Waals surface area contributed by atoms with Crippen LogP contribution < -0.4 is 11.2 Å². The molecule has 162 valence electrons. The Morgan fingerprint density at radius 2 is 2.10 bits per heavy atom. The second-order valence-corrected chi connectivity index (χ2v) is 7.09. The number of aromatic nitrogens is 5. The Bertz CT molecular complexity index is 1250. The van der Waals surface area contributed by atoms with Crippen LogP contribution in [-0.4, -0.2) is 54.7 Å². The average molecular weight is 436 g/mol. The molecule has 3 aromatic heterocycles. The molecule has 0 aromatic carbocycles. The fraction of sp³-hybridized carbons (Fsp3) is 0.333. The third kappa shape index (κ3) is 3.31. The zero-order valence-corrected chi connectivity index (χ0v) is 16.0. The van der Waals surface area contributed by atoms with Crippen molar-refractivity contribution < 1.29 is 22.5 Å². The number of nitrogens with zero attached hydrogens (tertiary/aromatic N) is 5. The van der Waals surface area contributed by atoms with E-state index in [1.54, 1.807) is 12.1 Å². The van der Waals surface area contributed by atoms with Gasteiger partial charge < -0.3 is 14.4 Å². The van der Waals surface area contributed by atoms with Gasteiger partial charge in [0, 0.05) is 44.3 Å². The maximum atomic E-state index is 14.2. The van der Waals surface area contributed by atoms with Crippen molar-refractivity contribution in [2.75, 3.05) is 13.1 Å². The van der Waals surface area contributed by atoms with Crippen LogP contribution in [0.5, 0.6) is 0 Å². The van der Waals surface area contributed by atoms with E-state index in [1.165, 1.54) is 12.4 Å². The van der Waals surface area contributed by atoms with E-state index >= 15 is 0 Å². The number of alkyl halides is 3. The first-order valence-electron chi connectivity index (χ1n) is 9.03. The lowest BCUT2D eigenvalue weighted by Crippen LogP contribution is -2.47. The summed E-state index contributed by atoms with van der Waals surface area (Å²) >= 11 is 0. The van der Waals surface area contributed by atoms with E-state index in [0.29, 0.717) is 10.1 Å². The molecule has 1 N–H and O–H groups in total. The van der Waals surface area contributed by atoms with Gasteiger partial charge in [-0.05, 0) is 18.6 Å². The maximum absolute atomic E-state index is 14.2. The zero-order valence-electron chi connectivity index (χ0n) is 16.0. The van der Waals surface area contributed by atoms with Gasteiger partial charge in [0.2, 0.25) is 11.7 Å². The standard InChI is InChI=1S/C18H15F3N6O4/c1-26-13(28)11(8-23-16(26)30)14(29)27-6-4-17(9-27,18(19,20)21)15-24-12(25-31-15)10-3-2-5-22-7-10/h2-3,5,7-8H,4,6,9H2,1H3,(H,23,30). The minimum absolute atomic E-state index is 0.0639. The predicted molar refractivity (Wildman–Crippen MR) is 98.1 cm³/mol. The highest BCUT2D eigenvalue weighted by Crippen LogP contribution is 2.47. The number of likely N-dealkylation sites (tertiary alicyclic amines) is 1. The van der Waals surface area contributed by atoms with Crippen LogP contribution >= 0.6 is 0 Å². The van der Waals surface area contributed by atoms with Crippen molar-refractivity contribution in [3.63, 3.8) is 0 Å². The van der Waals surface area contributed by atoms with Gasteiger partial charge in [-0.1, -0.05) is 5.16 Å². The summed E-state index contributed by atoms with van der Waals surface area (Å²) in [7, 11) is 1.15. The van der Waals surface area contributed by atoms with Crippen molar-refractivity contribution in [2.45, 2.75) is 18.0 Å². The predicted octanol–water partition coefficient (Wildman–Crippen LogP) is 0.865. The van der Waals surface area contributed by atoms with Crippen LogP contribution in [0.3, 0.4) is 0 Å². The van der Waals surface area contributed by atoms with E-state index in [1.807, 2.05) is 0 Å². The van der Waals surface area contributed by atoms with E-state index < -0.39 is 53.2 Å². The molecule has 0 aliphatic carbocycles. The lowest BCUT2D eigenvalue weighted by atomic mass is 9.86. The van der Waals surface area contributed by atoms with E-state index in [0.717, 1.165) is 18.1 Å². The number of nitrogens with one attached hydrogen (secondary N) is 1. The van der Waals surface area contributed by atoms with Crippen molar-refractivity contribution in [3.05, 3.63) is 63.0 Å². The number of amides is 1. The molecule has 4 heterocycles. The normalized spacial score (nSPS) is 19.0. The molecule has 4 rings (SSSR count). The van der Waals surface area contributed by atoms with Gasteiger partial charge in [0.1, 0.15) is 5.56 Å². The third-order valence-electron chi connectivity index (χ3n) is 5.26. The molecule has 10 nitrogen and oxygen atoms in total. The number of carbonyl (C=O) groups excluding carboxylic acids is 1. The van der Waals surface area contributed by atoms with Crippen molar-refractivity contribution in [1.29, 1.82) is 0 Å². The Morgan fingerprint density at radius 3 is 2.77 bits per heavy atom. The molecule has 1 unspecified atom stereocenters. The average Bonchev–Trinajstić information content (AvgIpc) is 3.40. The number of aromatic amines is 1. The Morgan fingerprint density at radius 1 is 1.32 bits per heavy atom. The second-order valence-electron chi connectivity index (χ2n) is 7.09. The fourth-order valence-electron chi connectivity index (χ4n) is 3.43. The summed E-state index contributed by atoms with van der Waals surface area (Å²) < 4.78 is 48.1. The highest BCUT2D eigenvalue weighted by atomic mass is 19.4. The van der Waals surface area contributed by atoms with E-state index in [9.17, 15) is 27.6 Å². The van der Waals surface area contributed by atoms with Gasteiger partial charge in [-0.15, -0.1) is 0 Å². The first kappa shape index (κ1) is 20.5. The quantitative estimate of drug-likeness (QED) is 0.645. The summed E-state index contributed by atoms with van der Waals surface area (Å²) in [5.41, 5.74) is -4.32. The number of hydrogen-bond acceptors (Lipinski definition) is 7. The van der Waals surface area contributed by atoms with Gasteiger partial charge in [-0.2, -0.15) is 18.2 Å². The lowest BCUT2D eigenvalue weighted by molar-refractivity contribution is -0.193. The minimum Gasteiger partial charge on any atom is -0.338 e. The van der Waals surface area contributed by atoms with Crippen molar-refractivity contribution in [3.8, 4) is 11.4 Å². The highest BCUT2D eigenvalue weighted by Gasteiger charge is 2.63. The molecule has 13 heteroatoms. The molecular formula is C18H15F3N6O4. The van der Waals surface area contributed by atoms with Crippen LogP contribution in [0.25, 0.3) is 11.4 Å². The molecule has 1 amide bonds. The second kappa shape index (κ2) is 7.18. The first-order chi connectivity index (χ1) is 14.6. The van der Waals surface area contributed by atoms with Gasteiger partial charge in [0.15, 0.2) is 5.41 Å². The van der Waals surface area contributed by atoms with E-state index in [2.05, 4.69) is 20.1 Å². The Hall–Kier alpha value is -3.77. The fourth-order valence-corrected chi connectivity index (χ4v) is 3.43. The SMILES string of the molecule is Cn1c(=O)[nH]cc(C(=O)N2CCC(c3nc(-c4cccnc4)no3)(C(F)(F)F)C2)c1=O. The summed E-state index contributed by atoms with van der Waals surface area (Å²) in [5, 5.41) is 3.63. The molecule has 1 atom stereocenters. The molecule has 0 spiro atoms. The van der Waals surface area contributed by atoms with Gasteiger partial charge in [0.05, 0.1) is 0 Å². The largest absolute Gasteiger partial charge is 0.405 e. The third-order valence-corrected chi connectivity index (χ3v) is 5.26. The summed E-state index contributed by atoms with van der Waals surface area (Å²) in [6.07, 6.45) is -1.57. The molecule has 0 radical (unpaired) electrons. The maximum Gasteiger partial charge on any atom is 0.405 e. The summed E-state index contributed by atoms with van der Waals surface area (Å²) in [6.45, 7) is -1.11. The number of carbonyl (C=O) groups is 1. The summed E-state index contributed by atoms with van der Waals surface area (Å²) in [4.78, 5) is 47.3. The van der Waals surface area contributed by atoms with Crippen LogP contribution in [0.2, 0.25) is 0 Å². The van der Waals surface area contributed by atoms with Crippen molar-refractivity contribution in [1.82, 2.24) is 29.6 Å². The van der Waals surface area contributed by atoms with Gasteiger partial charge >= 0.3 is 11.9 Å². The number of halogens is 3. The van der Waals surface area contributed by atoms with Gasteiger partial charge in [0.25, 0.3) is 11.5 Å². The number of hydrogen-bond donors (Lipinski definition) is 1. The smallest absolute Gasteiger partial charge is 0.338 e. The molecule has 1 saturated heterocycles. The minimum atomic E-state index is -4.81. The number of H-pyrrole nitrogens is 1. The lowest BCUT2D eigenvalue weighted by Gasteiger charge is -2.27. The summed E-state index contributed by atoms with van der Waals surface area (Å²) in [5.74, 6) is -1.68. The van der Waals surface area contributed by atoms with Crippen LogP contribution in [0.4, 0.5) is 13.2 Å². The van der Waals surface area contributed by atoms with Crippen molar-refractivity contribution in [2.24, 2.45) is 7.05 Å².